The molecule has 2 aliphatic rings. The molecule has 1 saturated carbocycles. The average Bonchev–Trinajstić information content (AvgIpc) is 2.45. The minimum atomic E-state index is -4.29. The molecule has 21 heavy (non-hydrogen) atoms. The van der Waals surface area contributed by atoms with Crippen molar-refractivity contribution in [3.63, 3.8) is 0 Å². The van der Waals surface area contributed by atoms with Gasteiger partial charge in [-0.25, -0.2) is 0 Å². The molecule has 1 amide bonds. The molecule has 2 N–H and O–H groups in total. The standard InChI is InChI=1S/C14H21F3N2OS/c15-14(16,17)11-6-2-1-5-10(11)13(20)19-7-3-4-9(8-19)12(18)21/h9-11H,1-8H2,(H2,18,21). The molecule has 7 heteroatoms. The molecule has 1 saturated heterocycles. The molecule has 3 unspecified atom stereocenters. The van der Waals surface area contributed by atoms with E-state index in [-0.39, 0.29) is 18.2 Å². The van der Waals surface area contributed by atoms with E-state index in [1.807, 2.05) is 0 Å². The first-order valence-electron chi connectivity index (χ1n) is 7.45. The lowest BCUT2D eigenvalue weighted by molar-refractivity contribution is -0.201. The van der Waals surface area contributed by atoms with E-state index in [0.717, 1.165) is 12.8 Å². The monoisotopic (exact) mass is 322 g/mol. The highest BCUT2D eigenvalue weighted by Gasteiger charge is 2.49. The van der Waals surface area contributed by atoms with Crippen LogP contribution in [-0.4, -0.2) is 35.1 Å². The van der Waals surface area contributed by atoms with Gasteiger partial charge in [0.2, 0.25) is 5.91 Å². The lowest BCUT2D eigenvalue weighted by Crippen LogP contribution is -2.49. The largest absolute Gasteiger partial charge is 0.393 e. The minimum Gasteiger partial charge on any atom is -0.393 e. The lowest BCUT2D eigenvalue weighted by Gasteiger charge is -2.38. The number of carbonyl (C=O) groups is 1. The molecule has 1 heterocycles. The van der Waals surface area contributed by atoms with Crippen LogP contribution < -0.4 is 5.73 Å². The fourth-order valence-corrected chi connectivity index (χ4v) is 3.65. The Morgan fingerprint density at radius 2 is 1.81 bits per heavy atom. The summed E-state index contributed by atoms with van der Waals surface area (Å²) in [6, 6.07) is 0. The zero-order valence-corrected chi connectivity index (χ0v) is 12.7. The zero-order valence-electron chi connectivity index (χ0n) is 11.9. The van der Waals surface area contributed by atoms with E-state index in [1.54, 1.807) is 4.90 Å². The SMILES string of the molecule is NC(=S)C1CCCN(C(=O)C2CCCCC2C(F)(F)F)C1. The van der Waals surface area contributed by atoms with Gasteiger partial charge in [-0.3, -0.25) is 4.79 Å². The first-order chi connectivity index (χ1) is 9.80. The van der Waals surface area contributed by atoms with E-state index in [9.17, 15) is 18.0 Å². The molecular weight excluding hydrogens is 301 g/mol. The third kappa shape index (κ3) is 3.87. The highest BCUT2D eigenvalue weighted by atomic mass is 32.1. The van der Waals surface area contributed by atoms with Crippen LogP contribution in [0.2, 0.25) is 0 Å². The smallest absolute Gasteiger partial charge is 0.392 e. The summed E-state index contributed by atoms with van der Waals surface area (Å²) >= 11 is 4.95. The van der Waals surface area contributed by atoms with E-state index in [1.165, 1.54) is 0 Å². The number of halogens is 3. The lowest BCUT2D eigenvalue weighted by atomic mass is 9.77. The van der Waals surface area contributed by atoms with Gasteiger partial charge < -0.3 is 10.6 Å². The van der Waals surface area contributed by atoms with Crippen LogP contribution in [-0.2, 0) is 4.79 Å². The van der Waals surface area contributed by atoms with E-state index in [2.05, 4.69) is 0 Å². The molecule has 0 aromatic carbocycles. The van der Waals surface area contributed by atoms with Crippen molar-refractivity contribution in [2.24, 2.45) is 23.5 Å². The Morgan fingerprint density at radius 3 is 2.43 bits per heavy atom. The van der Waals surface area contributed by atoms with Gasteiger partial charge >= 0.3 is 6.18 Å². The quantitative estimate of drug-likeness (QED) is 0.795. The number of carbonyl (C=O) groups excluding carboxylic acids is 1. The molecule has 1 aliphatic carbocycles. The predicted molar refractivity (Wildman–Crippen MR) is 77.6 cm³/mol. The Kier molecular flexibility index (Phi) is 5.11. The van der Waals surface area contributed by atoms with Gasteiger partial charge in [0.1, 0.15) is 0 Å². The van der Waals surface area contributed by atoms with Crippen molar-refractivity contribution in [2.75, 3.05) is 13.1 Å². The Morgan fingerprint density at radius 1 is 1.14 bits per heavy atom. The normalized spacial score (nSPS) is 31.0. The number of thiocarbonyl (C=S) groups is 1. The molecule has 1 aliphatic heterocycles. The van der Waals surface area contributed by atoms with Crippen LogP contribution in [0.25, 0.3) is 0 Å². The summed E-state index contributed by atoms with van der Waals surface area (Å²) in [5.41, 5.74) is 5.62. The maximum Gasteiger partial charge on any atom is 0.392 e. The molecule has 3 nitrogen and oxygen atoms in total. The van der Waals surface area contributed by atoms with Gasteiger partial charge in [-0.2, -0.15) is 13.2 Å². The molecule has 2 rings (SSSR count). The molecule has 3 atom stereocenters. The second-order valence-corrected chi connectivity index (χ2v) is 6.54. The van der Waals surface area contributed by atoms with Gasteiger partial charge in [0.15, 0.2) is 0 Å². The van der Waals surface area contributed by atoms with Gasteiger partial charge in [0.05, 0.1) is 10.9 Å². The molecular formula is C14H21F3N2OS. The number of nitrogens with zero attached hydrogens (tertiary/aromatic N) is 1. The van der Waals surface area contributed by atoms with Gasteiger partial charge in [-0.15, -0.1) is 0 Å². The van der Waals surface area contributed by atoms with Crippen molar-refractivity contribution in [3.05, 3.63) is 0 Å². The number of amides is 1. The number of rotatable bonds is 2. The molecule has 0 bridgehead atoms. The Balaban J connectivity index is 2.08. The van der Waals surface area contributed by atoms with Gasteiger partial charge in [-0.05, 0) is 25.7 Å². The van der Waals surface area contributed by atoms with Crippen molar-refractivity contribution in [1.29, 1.82) is 0 Å². The van der Waals surface area contributed by atoms with Crippen LogP contribution in [0.4, 0.5) is 13.2 Å². The van der Waals surface area contributed by atoms with Crippen molar-refractivity contribution in [3.8, 4) is 0 Å². The second kappa shape index (κ2) is 6.50. The maximum absolute atomic E-state index is 13.1. The van der Waals surface area contributed by atoms with E-state index < -0.39 is 18.0 Å². The highest BCUT2D eigenvalue weighted by Crippen LogP contribution is 2.42. The summed E-state index contributed by atoms with van der Waals surface area (Å²) < 4.78 is 39.3. The summed E-state index contributed by atoms with van der Waals surface area (Å²) in [4.78, 5) is 14.4. The van der Waals surface area contributed by atoms with Crippen LogP contribution in [0, 0.1) is 17.8 Å². The molecule has 120 valence electrons. The summed E-state index contributed by atoms with van der Waals surface area (Å²) in [5, 5.41) is 0. The molecule has 0 aromatic rings. The fourth-order valence-electron chi connectivity index (χ4n) is 3.46. The third-order valence-corrected chi connectivity index (χ3v) is 4.97. The van der Waals surface area contributed by atoms with Crippen molar-refractivity contribution in [1.82, 2.24) is 4.90 Å². The third-order valence-electron chi connectivity index (χ3n) is 4.64. The molecule has 0 spiro atoms. The summed E-state index contributed by atoms with van der Waals surface area (Å²) in [6.07, 6.45) is -1.11. The first kappa shape index (κ1) is 16.5. The molecule has 2 fully saturated rings. The molecule has 0 radical (unpaired) electrons. The number of likely N-dealkylation sites (tertiary alicyclic amines) is 1. The van der Waals surface area contributed by atoms with Gasteiger partial charge in [0, 0.05) is 24.9 Å². The van der Waals surface area contributed by atoms with Crippen molar-refractivity contribution < 1.29 is 18.0 Å². The number of alkyl halides is 3. The predicted octanol–water partition coefficient (Wildman–Crippen LogP) is 2.88. The minimum absolute atomic E-state index is 0.0620. The van der Waals surface area contributed by atoms with E-state index in [4.69, 9.17) is 18.0 Å². The highest BCUT2D eigenvalue weighted by molar-refractivity contribution is 7.80. The zero-order chi connectivity index (χ0) is 15.6. The summed E-state index contributed by atoms with van der Waals surface area (Å²) in [5.74, 6) is -2.85. The second-order valence-electron chi connectivity index (χ2n) is 6.06. The molecule has 0 aromatic heterocycles. The van der Waals surface area contributed by atoms with Gasteiger partial charge in [-0.1, -0.05) is 25.1 Å². The number of hydrogen-bond acceptors (Lipinski definition) is 2. The summed E-state index contributed by atoms with van der Waals surface area (Å²) in [7, 11) is 0. The summed E-state index contributed by atoms with van der Waals surface area (Å²) in [6.45, 7) is 0.883. The van der Waals surface area contributed by atoms with Gasteiger partial charge in [0.25, 0.3) is 0 Å². The van der Waals surface area contributed by atoms with E-state index in [0.29, 0.717) is 37.3 Å². The van der Waals surface area contributed by atoms with Crippen molar-refractivity contribution >= 4 is 23.1 Å². The number of hydrogen-bond donors (Lipinski definition) is 1. The van der Waals surface area contributed by atoms with Crippen molar-refractivity contribution in [2.45, 2.75) is 44.7 Å². The number of piperidine rings is 1. The Hall–Kier alpha value is -0.850. The van der Waals surface area contributed by atoms with E-state index >= 15 is 0 Å². The maximum atomic E-state index is 13.1. The van der Waals surface area contributed by atoms with Crippen LogP contribution >= 0.6 is 12.2 Å². The Bertz CT molecular complexity index is 414. The van der Waals surface area contributed by atoms with Crippen LogP contribution in [0.1, 0.15) is 38.5 Å². The fraction of sp³-hybridized carbons (Fsp3) is 0.857. The first-order valence-corrected chi connectivity index (χ1v) is 7.86. The average molecular weight is 322 g/mol. The number of nitrogens with two attached hydrogens (primary N) is 1. The Labute approximate surface area is 128 Å². The van der Waals surface area contributed by atoms with Crippen LogP contribution in [0.3, 0.4) is 0 Å². The van der Waals surface area contributed by atoms with Crippen LogP contribution in [0.5, 0.6) is 0 Å². The topological polar surface area (TPSA) is 46.3 Å². The van der Waals surface area contributed by atoms with Crippen LogP contribution in [0.15, 0.2) is 0 Å².